The highest BCUT2D eigenvalue weighted by Gasteiger charge is 2.05. The van der Waals surface area contributed by atoms with Crippen LogP contribution in [0.1, 0.15) is 52.9 Å². The Hall–Kier alpha value is 0.310. The quantitative estimate of drug-likeness (QED) is 0.560. The maximum absolute atomic E-state index is 3.64. The van der Waals surface area contributed by atoms with Gasteiger partial charge in [0.2, 0.25) is 0 Å². The molecule has 0 heterocycles. The fraction of sp³-hybridized carbons (Fsp3) is 1.00. The van der Waals surface area contributed by atoms with Crippen LogP contribution >= 0.6 is 11.8 Å². The van der Waals surface area contributed by atoms with E-state index in [1.54, 1.807) is 0 Å². The van der Waals surface area contributed by atoms with Gasteiger partial charge in [0.1, 0.15) is 0 Å². The molecule has 1 nitrogen and oxygen atoms in total. The molecule has 0 saturated carbocycles. The van der Waals surface area contributed by atoms with Gasteiger partial charge in [-0.15, -0.1) is 0 Å². The van der Waals surface area contributed by atoms with Crippen LogP contribution in [0.3, 0.4) is 0 Å². The largest absolute Gasteiger partial charge is 0.314 e. The molecule has 0 aromatic rings. The van der Waals surface area contributed by atoms with Crippen LogP contribution in [-0.4, -0.2) is 24.1 Å². The Morgan fingerprint density at radius 1 is 1.07 bits per heavy atom. The topological polar surface area (TPSA) is 12.0 Å². The number of nitrogens with one attached hydrogen (secondary N) is 1. The Kier molecular flexibility index (Phi) is 11.6. The van der Waals surface area contributed by atoms with Gasteiger partial charge in [-0.1, -0.05) is 27.2 Å². The fourth-order valence-electron chi connectivity index (χ4n) is 1.62. The molecule has 86 valence electrons. The van der Waals surface area contributed by atoms with Crippen molar-refractivity contribution in [2.24, 2.45) is 0 Å². The van der Waals surface area contributed by atoms with Crippen molar-refractivity contribution in [3.8, 4) is 0 Å². The molecular formula is C12H27NS. The van der Waals surface area contributed by atoms with Gasteiger partial charge < -0.3 is 5.32 Å². The minimum absolute atomic E-state index is 0.775. The summed E-state index contributed by atoms with van der Waals surface area (Å²) in [5, 5.41) is 3.64. The standard InChI is InChI=1S/C12H27NS/c1-4-8-12(13-10-5-2)9-7-11-14-6-3/h12-13H,4-11H2,1-3H3. The lowest BCUT2D eigenvalue weighted by molar-refractivity contribution is 0.446. The van der Waals surface area contributed by atoms with Crippen molar-refractivity contribution in [3.63, 3.8) is 0 Å². The number of thioether (sulfide) groups is 1. The van der Waals surface area contributed by atoms with Crippen molar-refractivity contribution >= 4 is 11.8 Å². The zero-order valence-corrected chi connectivity index (χ0v) is 11.0. The van der Waals surface area contributed by atoms with Gasteiger partial charge in [0, 0.05) is 6.04 Å². The molecule has 0 aliphatic rings. The smallest absolute Gasteiger partial charge is 0.00672 e. The summed E-state index contributed by atoms with van der Waals surface area (Å²) in [7, 11) is 0. The third-order valence-electron chi connectivity index (χ3n) is 2.37. The first kappa shape index (κ1) is 14.3. The summed E-state index contributed by atoms with van der Waals surface area (Å²) in [6, 6.07) is 0.775. The lowest BCUT2D eigenvalue weighted by atomic mass is 10.1. The third kappa shape index (κ3) is 8.89. The predicted molar refractivity (Wildman–Crippen MR) is 69.2 cm³/mol. The van der Waals surface area contributed by atoms with Crippen LogP contribution in [0.5, 0.6) is 0 Å². The van der Waals surface area contributed by atoms with Crippen LogP contribution in [0, 0.1) is 0 Å². The Morgan fingerprint density at radius 2 is 1.86 bits per heavy atom. The first-order valence-electron chi connectivity index (χ1n) is 6.16. The minimum Gasteiger partial charge on any atom is -0.314 e. The van der Waals surface area contributed by atoms with Crippen LogP contribution in [0.15, 0.2) is 0 Å². The third-order valence-corrected chi connectivity index (χ3v) is 3.35. The van der Waals surface area contributed by atoms with E-state index in [1.807, 2.05) is 0 Å². The van der Waals surface area contributed by atoms with E-state index in [0.29, 0.717) is 0 Å². The first-order valence-corrected chi connectivity index (χ1v) is 7.31. The normalized spacial score (nSPS) is 13.1. The molecule has 0 aromatic carbocycles. The zero-order valence-electron chi connectivity index (χ0n) is 10.1. The maximum Gasteiger partial charge on any atom is 0.00672 e. The van der Waals surface area contributed by atoms with Crippen molar-refractivity contribution < 1.29 is 0 Å². The second-order valence-electron chi connectivity index (χ2n) is 3.78. The van der Waals surface area contributed by atoms with Crippen molar-refractivity contribution in [1.82, 2.24) is 5.32 Å². The van der Waals surface area contributed by atoms with Gasteiger partial charge in [-0.3, -0.25) is 0 Å². The molecule has 0 fully saturated rings. The lowest BCUT2D eigenvalue weighted by Gasteiger charge is -2.17. The second-order valence-corrected chi connectivity index (χ2v) is 5.17. The lowest BCUT2D eigenvalue weighted by Crippen LogP contribution is -2.29. The predicted octanol–water partition coefficient (Wildman–Crippen LogP) is 3.69. The van der Waals surface area contributed by atoms with E-state index in [-0.39, 0.29) is 0 Å². The van der Waals surface area contributed by atoms with Crippen LogP contribution in [0.4, 0.5) is 0 Å². The molecular weight excluding hydrogens is 190 g/mol. The summed E-state index contributed by atoms with van der Waals surface area (Å²) in [6.45, 7) is 7.94. The highest BCUT2D eigenvalue weighted by molar-refractivity contribution is 7.99. The highest BCUT2D eigenvalue weighted by atomic mass is 32.2. The average molecular weight is 217 g/mol. The van der Waals surface area contributed by atoms with Gasteiger partial charge in [-0.05, 0) is 43.7 Å². The molecule has 0 rings (SSSR count). The number of hydrogen-bond donors (Lipinski definition) is 1. The summed E-state index contributed by atoms with van der Waals surface area (Å²) in [5.74, 6) is 2.60. The summed E-state index contributed by atoms with van der Waals surface area (Å²) in [4.78, 5) is 0. The number of rotatable bonds is 10. The van der Waals surface area contributed by atoms with Crippen molar-refractivity contribution in [2.45, 2.75) is 58.9 Å². The summed E-state index contributed by atoms with van der Waals surface area (Å²) < 4.78 is 0. The van der Waals surface area contributed by atoms with Crippen LogP contribution < -0.4 is 5.32 Å². The van der Waals surface area contributed by atoms with Gasteiger partial charge in [0.15, 0.2) is 0 Å². The molecule has 2 heteroatoms. The van der Waals surface area contributed by atoms with Gasteiger partial charge in [-0.2, -0.15) is 11.8 Å². The van der Waals surface area contributed by atoms with E-state index in [2.05, 4.69) is 37.8 Å². The van der Waals surface area contributed by atoms with Crippen LogP contribution in [0.2, 0.25) is 0 Å². The van der Waals surface area contributed by atoms with Gasteiger partial charge >= 0.3 is 0 Å². The SMILES string of the molecule is CCCNC(CCC)CCCSCC. The van der Waals surface area contributed by atoms with Gasteiger partial charge in [-0.25, -0.2) is 0 Å². The van der Waals surface area contributed by atoms with Gasteiger partial charge in [0.05, 0.1) is 0 Å². The molecule has 1 N–H and O–H groups in total. The molecule has 0 saturated heterocycles. The minimum atomic E-state index is 0.775. The molecule has 0 aromatic heterocycles. The van der Waals surface area contributed by atoms with Gasteiger partial charge in [0.25, 0.3) is 0 Å². The van der Waals surface area contributed by atoms with E-state index >= 15 is 0 Å². The first-order chi connectivity index (χ1) is 6.85. The average Bonchev–Trinajstić information content (AvgIpc) is 2.20. The Balaban J connectivity index is 3.40. The molecule has 1 atom stereocenters. The Labute approximate surface area is 94.4 Å². The summed E-state index contributed by atoms with van der Waals surface area (Å²) in [5.41, 5.74) is 0. The van der Waals surface area contributed by atoms with E-state index in [0.717, 1.165) is 6.04 Å². The Morgan fingerprint density at radius 3 is 2.43 bits per heavy atom. The second kappa shape index (κ2) is 11.4. The molecule has 0 aliphatic carbocycles. The van der Waals surface area contributed by atoms with Crippen molar-refractivity contribution in [2.75, 3.05) is 18.1 Å². The van der Waals surface area contributed by atoms with E-state index < -0.39 is 0 Å². The van der Waals surface area contributed by atoms with Crippen molar-refractivity contribution in [1.29, 1.82) is 0 Å². The molecule has 0 spiro atoms. The highest BCUT2D eigenvalue weighted by Crippen LogP contribution is 2.09. The number of hydrogen-bond acceptors (Lipinski definition) is 2. The summed E-state index contributed by atoms with van der Waals surface area (Å²) in [6.07, 6.45) is 6.64. The maximum atomic E-state index is 3.64. The zero-order chi connectivity index (χ0) is 10.6. The molecule has 0 amide bonds. The van der Waals surface area contributed by atoms with E-state index in [9.17, 15) is 0 Å². The molecule has 0 bridgehead atoms. The molecule has 0 radical (unpaired) electrons. The monoisotopic (exact) mass is 217 g/mol. The fourth-order valence-corrected chi connectivity index (χ4v) is 2.28. The molecule has 1 unspecified atom stereocenters. The van der Waals surface area contributed by atoms with E-state index in [4.69, 9.17) is 0 Å². The molecule has 0 aliphatic heterocycles. The van der Waals surface area contributed by atoms with Crippen LogP contribution in [0.25, 0.3) is 0 Å². The van der Waals surface area contributed by atoms with Crippen molar-refractivity contribution in [3.05, 3.63) is 0 Å². The summed E-state index contributed by atoms with van der Waals surface area (Å²) >= 11 is 2.06. The van der Waals surface area contributed by atoms with Crippen LogP contribution in [-0.2, 0) is 0 Å². The Bertz CT molecular complexity index is 106. The molecule has 14 heavy (non-hydrogen) atoms. The van der Waals surface area contributed by atoms with E-state index in [1.165, 1.54) is 50.2 Å².